The average molecular weight is 268 g/mol. The maximum atomic E-state index is 12.2. The Morgan fingerprint density at radius 1 is 1.39 bits per heavy atom. The smallest absolute Gasteiger partial charge is 0.241 e. The molecule has 1 aromatic rings. The summed E-state index contributed by atoms with van der Waals surface area (Å²) in [4.78, 5) is 16.0. The molecule has 0 saturated carbocycles. The van der Waals surface area contributed by atoms with Crippen molar-refractivity contribution in [2.75, 3.05) is 31.1 Å². The second-order valence-electron chi connectivity index (χ2n) is 4.55. The third-order valence-electron chi connectivity index (χ3n) is 3.36. The van der Waals surface area contributed by atoms with Gasteiger partial charge in [-0.15, -0.1) is 0 Å². The highest BCUT2D eigenvalue weighted by atomic mass is 35.5. The van der Waals surface area contributed by atoms with Gasteiger partial charge in [0.15, 0.2) is 0 Å². The standard InChI is InChI=1S/C13H18ClN3O/c1-10(8-15)16-6-7-17(13(18)9-16)12-5-3-2-4-11(12)14/h2-5,10H,6-9,15H2,1H3. The first kappa shape index (κ1) is 13.3. The van der Waals surface area contributed by atoms with E-state index in [1.807, 2.05) is 25.1 Å². The molecule has 1 amide bonds. The lowest BCUT2D eigenvalue weighted by molar-refractivity contribution is -0.121. The number of piperazine rings is 1. The predicted octanol–water partition coefficient (Wildman–Crippen LogP) is 1.34. The molecule has 0 aliphatic carbocycles. The molecule has 1 saturated heterocycles. The highest BCUT2D eigenvalue weighted by Crippen LogP contribution is 2.26. The number of anilines is 1. The number of hydrogen-bond donors (Lipinski definition) is 1. The molecule has 0 aromatic heterocycles. The lowest BCUT2D eigenvalue weighted by Gasteiger charge is -2.37. The average Bonchev–Trinajstić information content (AvgIpc) is 2.39. The van der Waals surface area contributed by atoms with Crippen LogP contribution >= 0.6 is 11.6 Å². The largest absolute Gasteiger partial charge is 0.329 e. The Morgan fingerprint density at radius 3 is 2.72 bits per heavy atom. The molecular formula is C13H18ClN3O. The van der Waals surface area contributed by atoms with Crippen molar-refractivity contribution in [1.82, 2.24) is 4.90 Å². The van der Waals surface area contributed by atoms with Crippen LogP contribution in [-0.2, 0) is 4.79 Å². The molecule has 1 aromatic carbocycles. The molecule has 98 valence electrons. The van der Waals surface area contributed by atoms with E-state index in [9.17, 15) is 4.79 Å². The molecule has 4 nitrogen and oxygen atoms in total. The Balaban J connectivity index is 2.11. The first-order valence-corrected chi connectivity index (χ1v) is 6.50. The maximum Gasteiger partial charge on any atom is 0.241 e. The summed E-state index contributed by atoms with van der Waals surface area (Å²) in [6, 6.07) is 7.68. The van der Waals surface area contributed by atoms with E-state index in [4.69, 9.17) is 17.3 Å². The number of benzene rings is 1. The van der Waals surface area contributed by atoms with Crippen molar-refractivity contribution in [3.05, 3.63) is 29.3 Å². The van der Waals surface area contributed by atoms with E-state index >= 15 is 0 Å². The van der Waals surface area contributed by atoms with Crippen LogP contribution in [0.5, 0.6) is 0 Å². The number of carbonyl (C=O) groups is 1. The molecule has 0 bridgehead atoms. The molecule has 1 heterocycles. The van der Waals surface area contributed by atoms with E-state index in [2.05, 4.69) is 4.90 Å². The van der Waals surface area contributed by atoms with Crippen LogP contribution in [0.4, 0.5) is 5.69 Å². The van der Waals surface area contributed by atoms with Crippen molar-refractivity contribution in [2.24, 2.45) is 5.73 Å². The molecule has 2 N–H and O–H groups in total. The van der Waals surface area contributed by atoms with Crippen molar-refractivity contribution in [3.63, 3.8) is 0 Å². The topological polar surface area (TPSA) is 49.6 Å². The second-order valence-corrected chi connectivity index (χ2v) is 4.96. The highest BCUT2D eigenvalue weighted by Gasteiger charge is 2.28. The van der Waals surface area contributed by atoms with Gasteiger partial charge in [-0.25, -0.2) is 0 Å². The van der Waals surface area contributed by atoms with Gasteiger partial charge in [-0.2, -0.15) is 0 Å². The van der Waals surface area contributed by atoms with E-state index in [1.165, 1.54) is 0 Å². The molecule has 2 rings (SSSR count). The number of nitrogens with zero attached hydrogens (tertiary/aromatic N) is 2. The lowest BCUT2D eigenvalue weighted by atomic mass is 10.2. The van der Waals surface area contributed by atoms with E-state index in [0.717, 1.165) is 12.2 Å². The zero-order valence-corrected chi connectivity index (χ0v) is 11.2. The van der Waals surface area contributed by atoms with Crippen LogP contribution in [0.25, 0.3) is 0 Å². The summed E-state index contributed by atoms with van der Waals surface area (Å²) in [6.07, 6.45) is 0. The molecule has 18 heavy (non-hydrogen) atoms. The number of para-hydroxylation sites is 1. The third kappa shape index (κ3) is 2.66. The quantitative estimate of drug-likeness (QED) is 0.899. The number of nitrogens with two attached hydrogens (primary N) is 1. The zero-order valence-electron chi connectivity index (χ0n) is 10.5. The van der Waals surface area contributed by atoms with Crippen molar-refractivity contribution < 1.29 is 4.79 Å². The Labute approximate surface area is 112 Å². The molecule has 0 spiro atoms. The maximum absolute atomic E-state index is 12.2. The number of halogens is 1. The predicted molar refractivity (Wildman–Crippen MR) is 73.9 cm³/mol. The number of rotatable bonds is 3. The fraction of sp³-hybridized carbons (Fsp3) is 0.462. The molecule has 1 atom stereocenters. The normalized spacial score (nSPS) is 19.1. The summed E-state index contributed by atoms with van der Waals surface area (Å²) < 4.78 is 0. The summed E-state index contributed by atoms with van der Waals surface area (Å²) >= 11 is 6.12. The molecular weight excluding hydrogens is 250 g/mol. The van der Waals surface area contributed by atoms with Gasteiger partial charge in [-0.3, -0.25) is 9.69 Å². The van der Waals surface area contributed by atoms with Crippen LogP contribution < -0.4 is 10.6 Å². The van der Waals surface area contributed by atoms with E-state index in [1.54, 1.807) is 11.0 Å². The fourth-order valence-electron chi connectivity index (χ4n) is 2.14. The van der Waals surface area contributed by atoms with Crippen LogP contribution in [-0.4, -0.2) is 43.0 Å². The van der Waals surface area contributed by atoms with Crippen LogP contribution in [0.2, 0.25) is 5.02 Å². The minimum atomic E-state index is 0.0784. The Bertz CT molecular complexity index is 438. The molecule has 1 fully saturated rings. The lowest BCUT2D eigenvalue weighted by Crippen LogP contribution is -2.54. The van der Waals surface area contributed by atoms with Crippen LogP contribution in [0.3, 0.4) is 0 Å². The van der Waals surface area contributed by atoms with Crippen molar-refractivity contribution in [2.45, 2.75) is 13.0 Å². The minimum Gasteiger partial charge on any atom is -0.329 e. The fourth-order valence-corrected chi connectivity index (χ4v) is 2.38. The van der Waals surface area contributed by atoms with Gasteiger partial charge in [-0.1, -0.05) is 23.7 Å². The molecule has 0 radical (unpaired) electrons. The Hall–Kier alpha value is -1.10. The van der Waals surface area contributed by atoms with Gasteiger partial charge in [0, 0.05) is 25.7 Å². The summed E-state index contributed by atoms with van der Waals surface area (Å²) in [7, 11) is 0. The summed E-state index contributed by atoms with van der Waals surface area (Å²) in [6.45, 7) is 4.50. The summed E-state index contributed by atoms with van der Waals surface area (Å²) in [5.41, 5.74) is 6.43. The zero-order chi connectivity index (χ0) is 13.1. The van der Waals surface area contributed by atoms with E-state index < -0.39 is 0 Å². The summed E-state index contributed by atoms with van der Waals surface area (Å²) in [5, 5.41) is 0.617. The number of hydrogen-bond acceptors (Lipinski definition) is 3. The molecule has 1 unspecified atom stereocenters. The highest BCUT2D eigenvalue weighted by molar-refractivity contribution is 6.33. The summed E-state index contributed by atoms with van der Waals surface area (Å²) in [5.74, 6) is 0.0784. The van der Waals surface area contributed by atoms with Gasteiger partial charge in [0.2, 0.25) is 5.91 Å². The van der Waals surface area contributed by atoms with Crippen LogP contribution in [0.1, 0.15) is 6.92 Å². The minimum absolute atomic E-state index is 0.0784. The van der Waals surface area contributed by atoms with Crippen molar-refractivity contribution in [1.29, 1.82) is 0 Å². The van der Waals surface area contributed by atoms with Crippen LogP contribution in [0, 0.1) is 0 Å². The van der Waals surface area contributed by atoms with E-state index in [-0.39, 0.29) is 11.9 Å². The third-order valence-corrected chi connectivity index (χ3v) is 3.68. The number of carbonyl (C=O) groups excluding carboxylic acids is 1. The van der Waals surface area contributed by atoms with Crippen molar-refractivity contribution in [3.8, 4) is 0 Å². The van der Waals surface area contributed by atoms with E-state index in [0.29, 0.717) is 24.7 Å². The van der Waals surface area contributed by atoms with Gasteiger partial charge in [0.25, 0.3) is 0 Å². The number of amides is 1. The first-order chi connectivity index (χ1) is 8.63. The van der Waals surface area contributed by atoms with Gasteiger partial charge < -0.3 is 10.6 Å². The Kier molecular flexibility index (Phi) is 4.22. The SMILES string of the molecule is CC(CN)N1CCN(c2ccccc2Cl)C(=O)C1. The van der Waals surface area contributed by atoms with Crippen molar-refractivity contribution >= 4 is 23.2 Å². The van der Waals surface area contributed by atoms with Gasteiger partial charge in [-0.05, 0) is 19.1 Å². The molecule has 5 heteroatoms. The molecule has 1 aliphatic heterocycles. The molecule has 1 aliphatic rings. The first-order valence-electron chi connectivity index (χ1n) is 6.12. The van der Waals surface area contributed by atoms with Crippen LogP contribution in [0.15, 0.2) is 24.3 Å². The van der Waals surface area contributed by atoms with Gasteiger partial charge in [0.1, 0.15) is 0 Å². The van der Waals surface area contributed by atoms with Gasteiger partial charge in [0.05, 0.1) is 17.3 Å². The monoisotopic (exact) mass is 267 g/mol. The Morgan fingerprint density at radius 2 is 2.11 bits per heavy atom. The second kappa shape index (κ2) is 5.69. The van der Waals surface area contributed by atoms with Gasteiger partial charge >= 0.3 is 0 Å².